The number of carbonyl (C=O) groups excluding carboxylic acids is 1. The topological polar surface area (TPSA) is 99.7 Å². The highest BCUT2D eigenvalue weighted by molar-refractivity contribution is 14.0. The molecule has 0 saturated carbocycles. The minimum atomic E-state index is -3.01. The molecule has 1 aliphatic rings. The number of sulfone groups is 1. The SMILES string of the molecule is CN=C(NCCC(=O)NC1CCS(=O)(=O)C1)NC(C)c1ccc(C)c(F)c1.I. The Bertz CT molecular complexity index is 817. The van der Waals surface area contributed by atoms with Gasteiger partial charge in [-0.25, -0.2) is 12.8 Å². The Balaban J connectivity index is 0.00000392. The van der Waals surface area contributed by atoms with E-state index >= 15 is 0 Å². The summed E-state index contributed by atoms with van der Waals surface area (Å²) in [6.45, 7) is 3.95. The van der Waals surface area contributed by atoms with E-state index in [1.807, 2.05) is 13.0 Å². The second kappa shape index (κ2) is 10.9. The molecular weight excluding hydrogens is 498 g/mol. The standard InChI is InChI=1S/C18H27FN4O3S.HI/c1-12-4-5-14(10-16(12)19)13(2)22-18(20-3)21-8-6-17(24)23-15-7-9-27(25,26)11-15;/h4-5,10,13,15H,6-9,11H2,1-3H3,(H,23,24)(H2,20,21,22);1H. The van der Waals surface area contributed by atoms with Gasteiger partial charge in [-0.15, -0.1) is 24.0 Å². The molecular formula is C18H28FIN4O3S. The fourth-order valence-corrected chi connectivity index (χ4v) is 4.54. The number of halogens is 2. The number of carbonyl (C=O) groups is 1. The van der Waals surface area contributed by atoms with E-state index in [-0.39, 0.29) is 65.7 Å². The van der Waals surface area contributed by atoms with Crippen molar-refractivity contribution in [1.29, 1.82) is 0 Å². The summed E-state index contributed by atoms with van der Waals surface area (Å²) in [5, 5.41) is 8.93. The van der Waals surface area contributed by atoms with Gasteiger partial charge in [0.15, 0.2) is 15.8 Å². The fraction of sp³-hybridized carbons (Fsp3) is 0.556. The van der Waals surface area contributed by atoms with Gasteiger partial charge in [-0.1, -0.05) is 12.1 Å². The Morgan fingerprint density at radius 1 is 1.39 bits per heavy atom. The largest absolute Gasteiger partial charge is 0.356 e. The van der Waals surface area contributed by atoms with Crippen molar-refractivity contribution >= 4 is 45.7 Å². The molecule has 28 heavy (non-hydrogen) atoms. The number of hydrogen-bond acceptors (Lipinski definition) is 4. The number of nitrogens with one attached hydrogen (secondary N) is 3. The molecule has 1 heterocycles. The molecule has 10 heteroatoms. The van der Waals surface area contributed by atoms with Gasteiger partial charge in [0.05, 0.1) is 17.5 Å². The van der Waals surface area contributed by atoms with Gasteiger partial charge in [0.2, 0.25) is 5.91 Å². The minimum Gasteiger partial charge on any atom is -0.356 e. The van der Waals surface area contributed by atoms with Crippen molar-refractivity contribution < 1.29 is 17.6 Å². The summed E-state index contributed by atoms with van der Waals surface area (Å²) in [7, 11) is -1.40. The van der Waals surface area contributed by atoms with E-state index in [9.17, 15) is 17.6 Å². The van der Waals surface area contributed by atoms with Crippen LogP contribution < -0.4 is 16.0 Å². The van der Waals surface area contributed by atoms with Crippen molar-refractivity contribution in [1.82, 2.24) is 16.0 Å². The van der Waals surface area contributed by atoms with Crippen LogP contribution in [0.15, 0.2) is 23.2 Å². The van der Waals surface area contributed by atoms with Crippen LogP contribution in [0.4, 0.5) is 4.39 Å². The molecule has 2 atom stereocenters. The second-order valence-corrected chi connectivity index (χ2v) is 9.02. The first-order valence-electron chi connectivity index (χ1n) is 8.93. The van der Waals surface area contributed by atoms with E-state index in [4.69, 9.17) is 0 Å². The molecule has 158 valence electrons. The highest BCUT2D eigenvalue weighted by atomic mass is 127. The Labute approximate surface area is 182 Å². The van der Waals surface area contributed by atoms with Crippen LogP contribution in [0.1, 0.15) is 36.9 Å². The van der Waals surface area contributed by atoms with Crippen LogP contribution >= 0.6 is 24.0 Å². The van der Waals surface area contributed by atoms with E-state index in [0.29, 0.717) is 24.5 Å². The van der Waals surface area contributed by atoms with Crippen molar-refractivity contribution in [3.05, 3.63) is 35.1 Å². The third-order valence-electron chi connectivity index (χ3n) is 4.51. The number of aryl methyl sites for hydroxylation is 1. The molecule has 0 aromatic heterocycles. The van der Waals surface area contributed by atoms with Crippen LogP contribution in [-0.2, 0) is 14.6 Å². The van der Waals surface area contributed by atoms with E-state index in [0.717, 1.165) is 5.56 Å². The molecule has 1 fully saturated rings. The van der Waals surface area contributed by atoms with Crippen molar-refractivity contribution in [2.45, 2.75) is 38.8 Å². The second-order valence-electron chi connectivity index (χ2n) is 6.79. The lowest BCUT2D eigenvalue weighted by Crippen LogP contribution is -2.41. The summed E-state index contributed by atoms with van der Waals surface area (Å²) >= 11 is 0. The molecule has 1 amide bonds. The van der Waals surface area contributed by atoms with Crippen LogP contribution in [-0.4, -0.2) is 51.4 Å². The molecule has 2 rings (SSSR count). The Kier molecular flexibility index (Phi) is 9.61. The zero-order valence-electron chi connectivity index (χ0n) is 16.3. The number of amides is 1. The zero-order chi connectivity index (χ0) is 20.0. The van der Waals surface area contributed by atoms with Gasteiger partial charge in [0, 0.05) is 26.1 Å². The summed E-state index contributed by atoms with van der Waals surface area (Å²) in [4.78, 5) is 16.0. The van der Waals surface area contributed by atoms with Gasteiger partial charge in [0.1, 0.15) is 5.82 Å². The van der Waals surface area contributed by atoms with Crippen LogP contribution in [0.2, 0.25) is 0 Å². The Hall–Kier alpha value is -1.43. The van der Waals surface area contributed by atoms with Gasteiger partial charge in [-0.3, -0.25) is 9.79 Å². The van der Waals surface area contributed by atoms with Crippen LogP contribution in [0.5, 0.6) is 0 Å². The maximum absolute atomic E-state index is 13.7. The molecule has 3 N–H and O–H groups in total. The molecule has 7 nitrogen and oxygen atoms in total. The molecule has 0 aliphatic carbocycles. The molecule has 0 spiro atoms. The smallest absolute Gasteiger partial charge is 0.222 e. The number of hydrogen-bond donors (Lipinski definition) is 3. The predicted molar refractivity (Wildman–Crippen MR) is 119 cm³/mol. The maximum atomic E-state index is 13.7. The number of rotatable bonds is 6. The molecule has 0 radical (unpaired) electrons. The van der Waals surface area contributed by atoms with Crippen LogP contribution in [0.3, 0.4) is 0 Å². The molecule has 1 aromatic carbocycles. The first kappa shape index (κ1) is 24.6. The molecule has 1 aliphatic heterocycles. The number of nitrogens with zero attached hydrogens (tertiary/aromatic N) is 1. The van der Waals surface area contributed by atoms with Gasteiger partial charge in [0.25, 0.3) is 0 Å². The monoisotopic (exact) mass is 526 g/mol. The van der Waals surface area contributed by atoms with E-state index in [2.05, 4.69) is 20.9 Å². The molecule has 1 aromatic rings. The number of guanidine groups is 1. The van der Waals surface area contributed by atoms with E-state index in [1.54, 1.807) is 20.0 Å². The highest BCUT2D eigenvalue weighted by Crippen LogP contribution is 2.16. The summed E-state index contributed by atoms with van der Waals surface area (Å²) in [6, 6.07) is 4.61. The van der Waals surface area contributed by atoms with Gasteiger partial charge < -0.3 is 16.0 Å². The third-order valence-corrected chi connectivity index (χ3v) is 6.28. The van der Waals surface area contributed by atoms with Crippen LogP contribution in [0.25, 0.3) is 0 Å². The molecule has 2 unspecified atom stereocenters. The van der Waals surface area contributed by atoms with Gasteiger partial charge in [-0.05, 0) is 37.5 Å². The van der Waals surface area contributed by atoms with Gasteiger partial charge >= 0.3 is 0 Å². The Morgan fingerprint density at radius 2 is 2.11 bits per heavy atom. The summed E-state index contributed by atoms with van der Waals surface area (Å²) in [6.07, 6.45) is 0.667. The van der Waals surface area contributed by atoms with E-state index < -0.39 is 9.84 Å². The Morgan fingerprint density at radius 3 is 2.68 bits per heavy atom. The minimum absolute atomic E-state index is 0. The van der Waals surface area contributed by atoms with Crippen LogP contribution in [0, 0.1) is 12.7 Å². The first-order chi connectivity index (χ1) is 12.7. The average Bonchev–Trinajstić information content (AvgIpc) is 2.94. The molecule has 0 bridgehead atoms. The normalized spacial score (nSPS) is 19.4. The maximum Gasteiger partial charge on any atom is 0.222 e. The lowest BCUT2D eigenvalue weighted by atomic mass is 10.1. The third kappa shape index (κ3) is 7.53. The predicted octanol–water partition coefficient (Wildman–Crippen LogP) is 1.67. The quantitative estimate of drug-likeness (QED) is 0.298. The fourth-order valence-electron chi connectivity index (χ4n) is 2.86. The lowest BCUT2D eigenvalue weighted by molar-refractivity contribution is -0.121. The van der Waals surface area contributed by atoms with Gasteiger partial charge in [-0.2, -0.15) is 0 Å². The summed E-state index contributed by atoms with van der Waals surface area (Å²) in [5.74, 6) is 0.188. The van der Waals surface area contributed by atoms with Crippen molar-refractivity contribution in [2.24, 2.45) is 4.99 Å². The summed E-state index contributed by atoms with van der Waals surface area (Å²) in [5.41, 5.74) is 1.38. The van der Waals surface area contributed by atoms with Crippen molar-refractivity contribution in [2.75, 3.05) is 25.1 Å². The van der Waals surface area contributed by atoms with Crippen molar-refractivity contribution in [3.8, 4) is 0 Å². The highest BCUT2D eigenvalue weighted by Gasteiger charge is 2.28. The lowest BCUT2D eigenvalue weighted by Gasteiger charge is -2.19. The molecule has 1 saturated heterocycles. The first-order valence-corrected chi connectivity index (χ1v) is 10.8. The van der Waals surface area contributed by atoms with Crippen molar-refractivity contribution in [3.63, 3.8) is 0 Å². The van der Waals surface area contributed by atoms with E-state index in [1.165, 1.54) is 6.07 Å². The number of aliphatic imine (C=N–C) groups is 1. The average molecular weight is 526 g/mol. The zero-order valence-corrected chi connectivity index (χ0v) is 19.4. The number of benzene rings is 1. The summed E-state index contributed by atoms with van der Waals surface area (Å²) < 4.78 is 36.5.